The minimum Gasteiger partial charge on any atom is -0.672 e. The predicted octanol–water partition coefficient (Wildman–Crippen LogP) is 3.36. The van der Waals surface area contributed by atoms with Crippen molar-refractivity contribution < 1.29 is 45.1 Å². The van der Waals surface area contributed by atoms with Crippen molar-refractivity contribution in [3.05, 3.63) is 34.6 Å². The second kappa shape index (κ2) is 18.2. The van der Waals surface area contributed by atoms with Crippen molar-refractivity contribution in [2.24, 2.45) is 20.0 Å². The molecule has 8 nitrogen and oxygen atoms in total. The fraction of sp³-hybridized carbons (Fsp3) is 0.667. The SMILES string of the molecule is CC1=NCCCN=C(C)C2CCCC([N-]2)C(C)=NCCCN=C(C)C2C=CC=C1[N-]2.O.[Cu+2].[Cu+2].[OH3+]. The molecule has 3 rings (SSSR count). The van der Waals surface area contributed by atoms with Crippen molar-refractivity contribution in [1.82, 2.24) is 0 Å². The summed E-state index contributed by atoms with van der Waals surface area (Å²) in [4.78, 5) is 19.1. The molecule has 0 saturated carbocycles. The molecular weight excluding hydrogens is 531 g/mol. The normalized spacial score (nSPS) is 26.0. The Bertz CT molecular complexity index is 792. The number of rotatable bonds is 0. The Labute approximate surface area is 226 Å². The zero-order valence-electron chi connectivity index (χ0n) is 20.7. The minimum atomic E-state index is 0. The third-order valence-corrected chi connectivity index (χ3v) is 5.97. The Hall–Kier alpha value is -1.12. The van der Waals surface area contributed by atoms with Crippen LogP contribution in [0.3, 0.4) is 0 Å². The Morgan fingerprint density at radius 3 is 1.79 bits per heavy atom. The fourth-order valence-electron chi connectivity index (χ4n) is 3.98. The summed E-state index contributed by atoms with van der Waals surface area (Å²) in [6.07, 6.45) is 11.5. The maximum absolute atomic E-state index is 5.05. The molecule has 34 heavy (non-hydrogen) atoms. The molecular formula is C24H41Cu2N6O2+3. The molecule has 3 aliphatic rings. The number of fused-ring (bicyclic) bond motifs is 4. The summed E-state index contributed by atoms with van der Waals surface area (Å²) in [5.74, 6) is 0. The van der Waals surface area contributed by atoms with Crippen LogP contribution in [0.1, 0.15) is 59.8 Å². The first-order valence-corrected chi connectivity index (χ1v) is 11.4. The van der Waals surface area contributed by atoms with Gasteiger partial charge in [-0.05, 0) is 57.7 Å². The van der Waals surface area contributed by atoms with E-state index < -0.39 is 0 Å². The summed E-state index contributed by atoms with van der Waals surface area (Å²) in [5, 5.41) is 9.89. The van der Waals surface area contributed by atoms with Crippen LogP contribution in [0.4, 0.5) is 0 Å². The van der Waals surface area contributed by atoms with E-state index >= 15 is 0 Å². The van der Waals surface area contributed by atoms with Crippen molar-refractivity contribution in [2.75, 3.05) is 26.2 Å². The maximum Gasteiger partial charge on any atom is 2.00 e. The van der Waals surface area contributed by atoms with Crippen LogP contribution in [-0.2, 0) is 39.6 Å². The summed E-state index contributed by atoms with van der Waals surface area (Å²) < 4.78 is 0. The Kier molecular flexibility index (Phi) is 18.7. The average Bonchev–Trinajstić information content (AvgIpc) is 2.77. The van der Waals surface area contributed by atoms with Gasteiger partial charge in [0.05, 0.1) is 0 Å². The predicted molar refractivity (Wildman–Crippen MR) is 139 cm³/mol. The molecule has 198 valence electrons. The van der Waals surface area contributed by atoms with Gasteiger partial charge in [-0.3, -0.25) is 20.0 Å². The number of aliphatic imine (C=N–C) groups is 4. The van der Waals surface area contributed by atoms with E-state index in [1.165, 1.54) is 6.42 Å². The first kappa shape index (κ1) is 35.0. The summed E-state index contributed by atoms with van der Waals surface area (Å²) >= 11 is 0. The van der Waals surface area contributed by atoms with Crippen LogP contribution in [0.25, 0.3) is 10.6 Å². The van der Waals surface area contributed by atoms with Gasteiger partial charge in [0.25, 0.3) is 0 Å². The molecule has 0 aliphatic carbocycles. The molecule has 3 aliphatic heterocycles. The van der Waals surface area contributed by atoms with E-state index in [2.05, 4.69) is 32.9 Å². The minimum absolute atomic E-state index is 0. The molecule has 0 amide bonds. The summed E-state index contributed by atoms with van der Waals surface area (Å²) in [6, 6.07) is 0.497. The summed E-state index contributed by atoms with van der Waals surface area (Å²) in [6.45, 7) is 11.5. The number of hydrogen-bond donors (Lipinski definition) is 0. The second-order valence-electron chi connectivity index (χ2n) is 8.37. The van der Waals surface area contributed by atoms with Gasteiger partial charge in [0.1, 0.15) is 0 Å². The van der Waals surface area contributed by atoms with Gasteiger partial charge in [0, 0.05) is 31.9 Å². The zero-order chi connectivity index (χ0) is 21.3. The molecule has 5 N–H and O–H groups in total. The van der Waals surface area contributed by atoms with Gasteiger partial charge in [-0.2, -0.15) is 0 Å². The molecule has 0 spiro atoms. The molecule has 0 aromatic rings. The molecule has 3 heterocycles. The molecule has 10 heteroatoms. The maximum atomic E-state index is 5.05. The number of hydrogen-bond acceptors (Lipinski definition) is 4. The van der Waals surface area contributed by atoms with Crippen molar-refractivity contribution in [1.29, 1.82) is 0 Å². The Morgan fingerprint density at radius 2 is 1.24 bits per heavy atom. The quantitative estimate of drug-likeness (QED) is 0.310. The fourth-order valence-corrected chi connectivity index (χ4v) is 3.98. The van der Waals surface area contributed by atoms with Gasteiger partial charge in [0.15, 0.2) is 0 Å². The molecule has 3 atom stereocenters. The van der Waals surface area contributed by atoms with E-state index in [0.29, 0.717) is 0 Å². The topological polar surface area (TPSA) is 142 Å². The first-order chi connectivity index (χ1) is 14.5. The van der Waals surface area contributed by atoms with Crippen LogP contribution in [0.5, 0.6) is 0 Å². The average molecular weight is 573 g/mol. The van der Waals surface area contributed by atoms with Crippen LogP contribution < -0.4 is 0 Å². The van der Waals surface area contributed by atoms with Gasteiger partial charge in [-0.1, -0.05) is 55.6 Å². The zero-order valence-corrected chi connectivity index (χ0v) is 22.6. The monoisotopic (exact) mass is 571 g/mol. The van der Waals surface area contributed by atoms with Gasteiger partial charge < -0.3 is 21.6 Å². The van der Waals surface area contributed by atoms with Crippen LogP contribution in [-0.4, -0.2) is 72.6 Å². The standard InChI is InChI=1S/C24H36N6.2Cu.2H2O/c1-17-21-9-5-10-22(29-21)18(2)27-15-8-16-28-20(4)24-12-6-11-23(30-24)19(3)26-14-7-13-25-17;;;;/h5,9-10,21,23-24H,6-8,11-16H2,1-4H3;;;2*1H2/q-2;2*+2;;/p+1. The van der Waals surface area contributed by atoms with E-state index in [1.54, 1.807) is 0 Å². The van der Waals surface area contributed by atoms with Crippen molar-refractivity contribution >= 4 is 22.8 Å². The van der Waals surface area contributed by atoms with E-state index in [1.807, 2.05) is 13.0 Å². The molecule has 2 radical (unpaired) electrons. The van der Waals surface area contributed by atoms with Gasteiger partial charge >= 0.3 is 34.1 Å². The molecule has 4 bridgehead atoms. The molecule has 3 unspecified atom stereocenters. The summed E-state index contributed by atoms with van der Waals surface area (Å²) in [5.41, 5.74) is 5.31. The Morgan fingerprint density at radius 1 is 0.735 bits per heavy atom. The van der Waals surface area contributed by atoms with Gasteiger partial charge in [-0.25, -0.2) is 0 Å². The van der Waals surface area contributed by atoms with E-state index in [0.717, 1.165) is 80.4 Å². The third kappa shape index (κ3) is 10.6. The largest absolute Gasteiger partial charge is 2.00 e. The molecule has 0 aromatic heterocycles. The number of allylic oxidation sites excluding steroid dienone is 3. The number of nitrogens with zero attached hydrogens (tertiary/aromatic N) is 6. The smallest absolute Gasteiger partial charge is 0.672 e. The molecule has 1 saturated heterocycles. The van der Waals surface area contributed by atoms with E-state index in [-0.39, 0.29) is 63.2 Å². The molecule has 1 fully saturated rings. The van der Waals surface area contributed by atoms with Crippen molar-refractivity contribution in [3.63, 3.8) is 0 Å². The van der Waals surface area contributed by atoms with E-state index in [9.17, 15) is 0 Å². The van der Waals surface area contributed by atoms with E-state index in [4.69, 9.17) is 30.6 Å². The number of piperidine rings is 1. The van der Waals surface area contributed by atoms with Crippen LogP contribution in [0.2, 0.25) is 0 Å². The van der Waals surface area contributed by atoms with Gasteiger partial charge in [0.2, 0.25) is 0 Å². The summed E-state index contributed by atoms with van der Waals surface area (Å²) in [7, 11) is 0. The third-order valence-electron chi connectivity index (χ3n) is 5.97. The van der Waals surface area contributed by atoms with Crippen molar-refractivity contribution in [2.45, 2.75) is 77.9 Å². The first-order valence-electron chi connectivity index (χ1n) is 11.4. The van der Waals surface area contributed by atoms with Crippen molar-refractivity contribution in [3.8, 4) is 0 Å². The Balaban J connectivity index is 0. The van der Waals surface area contributed by atoms with Gasteiger partial charge in [-0.15, -0.1) is 5.70 Å². The molecule has 0 aromatic carbocycles. The van der Waals surface area contributed by atoms with Crippen LogP contribution in [0, 0.1) is 0 Å². The second-order valence-corrected chi connectivity index (χ2v) is 8.37. The van der Waals surface area contributed by atoms with Crippen LogP contribution in [0.15, 0.2) is 43.9 Å². The van der Waals surface area contributed by atoms with Crippen LogP contribution >= 0.6 is 0 Å².